The SMILES string of the molecule is CCCN(CCC)C(=O)CNc1cccc(C(=O)NCCCOC)c1. The third kappa shape index (κ3) is 8.03. The molecule has 2 amide bonds. The third-order valence-corrected chi connectivity index (χ3v) is 3.72. The van der Waals surface area contributed by atoms with Gasteiger partial charge in [0, 0.05) is 44.6 Å². The summed E-state index contributed by atoms with van der Waals surface area (Å²) in [5, 5.41) is 5.98. The molecule has 0 fully saturated rings. The molecule has 1 aromatic carbocycles. The zero-order chi connectivity index (χ0) is 18.5. The fourth-order valence-corrected chi connectivity index (χ4v) is 2.48. The summed E-state index contributed by atoms with van der Waals surface area (Å²) in [6.07, 6.45) is 2.67. The van der Waals surface area contributed by atoms with Crippen molar-refractivity contribution in [2.75, 3.05) is 45.2 Å². The minimum Gasteiger partial charge on any atom is -0.385 e. The summed E-state index contributed by atoms with van der Waals surface area (Å²) in [6.45, 7) is 7.12. The van der Waals surface area contributed by atoms with Crippen LogP contribution < -0.4 is 10.6 Å². The smallest absolute Gasteiger partial charge is 0.251 e. The van der Waals surface area contributed by atoms with Gasteiger partial charge in [-0.15, -0.1) is 0 Å². The topological polar surface area (TPSA) is 70.7 Å². The lowest BCUT2D eigenvalue weighted by Crippen LogP contribution is -2.36. The van der Waals surface area contributed by atoms with Gasteiger partial charge in [0.15, 0.2) is 0 Å². The molecular weight excluding hydrogens is 318 g/mol. The molecule has 0 bridgehead atoms. The van der Waals surface area contributed by atoms with Crippen molar-refractivity contribution >= 4 is 17.5 Å². The first kappa shape index (κ1) is 21.0. The second-order valence-electron chi connectivity index (χ2n) is 5.92. The highest BCUT2D eigenvalue weighted by molar-refractivity contribution is 5.95. The lowest BCUT2D eigenvalue weighted by atomic mass is 10.2. The van der Waals surface area contributed by atoms with Crippen LogP contribution in [0.15, 0.2) is 24.3 Å². The molecule has 140 valence electrons. The average Bonchev–Trinajstić information content (AvgIpc) is 2.63. The first-order valence-electron chi connectivity index (χ1n) is 9.01. The van der Waals surface area contributed by atoms with Crippen molar-refractivity contribution in [3.05, 3.63) is 29.8 Å². The van der Waals surface area contributed by atoms with E-state index < -0.39 is 0 Å². The first-order valence-corrected chi connectivity index (χ1v) is 9.01. The quantitative estimate of drug-likeness (QED) is 0.569. The maximum atomic E-state index is 12.3. The van der Waals surface area contributed by atoms with Crippen LogP contribution in [0.25, 0.3) is 0 Å². The van der Waals surface area contributed by atoms with Crippen molar-refractivity contribution in [1.82, 2.24) is 10.2 Å². The molecule has 25 heavy (non-hydrogen) atoms. The highest BCUT2D eigenvalue weighted by atomic mass is 16.5. The van der Waals surface area contributed by atoms with Gasteiger partial charge in [-0.1, -0.05) is 19.9 Å². The number of methoxy groups -OCH3 is 1. The molecule has 2 N–H and O–H groups in total. The monoisotopic (exact) mass is 349 g/mol. The van der Waals surface area contributed by atoms with Crippen molar-refractivity contribution in [3.63, 3.8) is 0 Å². The predicted octanol–water partition coefficient (Wildman–Crippen LogP) is 2.51. The lowest BCUT2D eigenvalue weighted by molar-refractivity contribution is -0.129. The van der Waals surface area contributed by atoms with Gasteiger partial charge in [-0.25, -0.2) is 0 Å². The highest BCUT2D eigenvalue weighted by Gasteiger charge is 2.12. The summed E-state index contributed by atoms with van der Waals surface area (Å²) in [6, 6.07) is 7.20. The average molecular weight is 349 g/mol. The summed E-state index contributed by atoms with van der Waals surface area (Å²) >= 11 is 0. The number of hydrogen-bond donors (Lipinski definition) is 2. The van der Waals surface area contributed by atoms with Crippen LogP contribution in [0.5, 0.6) is 0 Å². The van der Waals surface area contributed by atoms with E-state index in [0.717, 1.165) is 38.0 Å². The molecule has 6 nitrogen and oxygen atoms in total. The van der Waals surface area contributed by atoms with E-state index in [1.165, 1.54) is 0 Å². The number of benzene rings is 1. The number of carbonyl (C=O) groups is 2. The van der Waals surface area contributed by atoms with Crippen LogP contribution >= 0.6 is 0 Å². The summed E-state index contributed by atoms with van der Waals surface area (Å²) in [4.78, 5) is 26.3. The molecule has 0 aliphatic rings. The minimum atomic E-state index is -0.121. The van der Waals surface area contributed by atoms with E-state index in [1.807, 2.05) is 17.0 Å². The van der Waals surface area contributed by atoms with Crippen LogP contribution in [0.2, 0.25) is 0 Å². The maximum Gasteiger partial charge on any atom is 0.251 e. The van der Waals surface area contributed by atoms with Crippen LogP contribution in [-0.4, -0.2) is 56.6 Å². The second kappa shape index (κ2) is 12.3. The number of ether oxygens (including phenoxy) is 1. The fourth-order valence-electron chi connectivity index (χ4n) is 2.48. The molecule has 1 aromatic rings. The van der Waals surface area contributed by atoms with Crippen LogP contribution in [0.4, 0.5) is 5.69 Å². The summed E-state index contributed by atoms with van der Waals surface area (Å²) in [5.74, 6) is -0.0391. The Morgan fingerprint density at radius 1 is 1.16 bits per heavy atom. The normalized spacial score (nSPS) is 10.4. The Hall–Kier alpha value is -2.08. The van der Waals surface area contributed by atoms with Gasteiger partial charge in [-0.3, -0.25) is 9.59 Å². The van der Waals surface area contributed by atoms with Crippen molar-refractivity contribution < 1.29 is 14.3 Å². The Morgan fingerprint density at radius 2 is 1.88 bits per heavy atom. The fraction of sp³-hybridized carbons (Fsp3) is 0.579. The van der Waals surface area contributed by atoms with Gasteiger partial charge in [0.1, 0.15) is 0 Å². The van der Waals surface area contributed by atoms with E-state index in [-0.39, 0.29) is 18.4 Å². The molecule has 0 aliphatic carbocycles. The Morgan fingerprint density at radius 3 is 2.52 bits per heavy atom. The molecular formula is C19H31N3O3. The predicted molar refractivity (Wildman–Crippen MR) is 101 cm³/mol. The molecule has 0 radical (unpaired) electrons. The largest absolute Gasteiger partial charge is 0.385 e. The van der Waals surface area contributed by atoms with Crippen molar-refractivity contribution in [1.29, 1.82) is 0 Å². The maximum absolute atomic E-state index is 12.3. The van der Waals surface area contributed by atoms with Crippen molar-refractivity contribution in [2.24, 2.45) is 0 Å². The van der Waals surface area contributed by atoms with Crippen LogP contribution in [-0.2, 0) is 9.53 Å². The van der Waals surface area contributed by atoms with Crippen LogP contribution in [0.3, 0.4) is 0 Å². The number of nitrogens with zero attached hydrogens (tertiary/aromatic N) is 1. The molecule has 0 atom stereocenters. The van der Waals surface area contributed by atoms with E-state index >= 15 is 0 Å². The highest BCUT2D eigenvalue weighted by Crippen LogP contribution is 2.11. The molecule has 0 aromatic heterocycles. The number of amides is 2. The Bertz CT molecular complexity index is 528. The molecule has 0 saturated heterocycles. The van der Waals surface area contributed by atoms with Gasteiger partial charge in [0.25, 0.3) is 5.91 Å². The second-order valence-corrected chi connectivity index (χ2v) is 5.92. The van der Waals surface area contributed by atoms with E-state index in [9.17, 15) is 9.59 Å². The van der Waals surface area contributed by atoms with E-state index in [0.29, 0.717) is 18.7 Å². The molecule has 1 rings (SSSR count). The van der Waals surface area contributed by atoms with E-state index in [1.54, 1.807) is 19.2 Å². The van der Waals surface area contributed by atoms with Gasteiger partial charge in [-0.2, -0.15) is 0 Å². The molecule has 0 aliphatic heterocycles. The standard InChI is InChI=1S/C19H31N3O3/c1-4-11-22(12-5-2)18(23)15-21-17-9-6-8-16(14-17)19(24)20-10-7-13-25-3/h6,8-9,14,21H,4-5,7,10-13,15H2,1-3H3,(H,20,24). The Labute approximate surface area is 150 Å². The van der Waals surface area contributed by atoms with E-state index in [4.69, 9.17) is 4.74 Å². The Balaban J connectivity index is 2.54. The summed E-state index contributed by atoms with van der Waals surface area (Å²) in [5.41, 5.74) is 1.35. The number of anilines is 1. The van der Waals surface area contributed by atoms with Gasteiger partial charge in [-0.05, 0) is 37.5 Å². The third-order valence-electron chi connectivity index (χ3n) is 3.72. The summed E-state index contributed by atoms with van der Waals surface area (Å²) in [7, 11) is 1.64. The number of nitrogens with one attached hydrogen (secondary N) is 2. The number of carbonyl (C=O) groups excluding carboxylic acids is 2. The minimum absolute atomic E-state index is 0.0816. The summed E-state index contributed by atoms with van der Waals surface area (Å²) < 4.78 is 4.96. The zero-order valence-electron chi connectivity index (χ0n) is 15.6. The number of hydrogen-bond acceptors (Lipinski definition) is 4. The van der Waals surface area contributed by atoms with Gasteiger partial charge in [0.05, 0.1) is 6.54 Å². The first-order chi connectivity index (χ1) is 12.1. The molecule has 6 heteroatoms. The van der Waals surface area contributed by atoms with Crippen molar-refractivity contribution in [2.45, 2.75) is 33.1 Å². The van der Waals surface area contributed by atoms with Crippen LogP contribution in [0, 0.1) is 0 Å². The van der Waals surface area contributed by atoms with Gasteiger partial charge in [0.2, 0.25) is 5.91 Å². The zero-order valence-corrected chi connectivity index (χ0v) is 15.6. The van der Waals surface area contributed by atoms with E-state index in [2.05, 4.69) is 24.5 Å². The van der Waals surface area contributed by atoms with Crippen molar-refractivity contribution in [3.8, 4) is 0 Å². The molecule has 0 unspecified atom stereocenters. The molecule has 0 saturated carbocycles. The van der Waals surface area contributed by atoms with Crippen LogP contribution in [0.1, 0.15) is 43.5 Å². The lowest BCUT2D eigenvalue weighted by Gasteiger charge is -2.22. The molecule has 0 heterocycles. The number of rotatable bonds is 12. The molecule has 0 spiro atoms. The Kier molecular flexibility index (Phi) is 10.3. The van der Waals surface area contributed by atoms with Gasteiger partial charge >= 0.3 is 0 Å². The van der Waals surface area contributed by atoms with Gasteiger partial charge < -0.3 is 20.3 Å².